The summed E-state index contributed by atoms with van der Waals surface area (Å²) < 4.78 is 9.70. The minimum Gasteiger partial charge on any atom is -0.468 e. The van der Waals surface area contributed by atoms with Gasteiger partial charge in [0.15, 0.2) is 0 Å². The van der Waals surface area contributed by atoms with Crippen molar-refractivity contribution >= 4 is 18.2 Å². The fourth-order valence-corrected chi connectivity index (χ4v) is 2.66. The van der Waals surface area contributed by atoms with E-state index in [4.69, 9.17) is 9.47 Å². The molecule has 5 heteroatoms. The van der Waals surface area contributed by atoms with Gasteiger partial charge in [-0.25, -0.2) is 4.79 Å². The molecule has 0 aliphatic carbocycles. The molecule has 1 aromatic carbocycles. The fourth-order valence-electron chi connectivity index (χ4n) is 2.66. The van der Waals surface area contributed by atoms with Crippen molar-refractivity contribution in [3.63, 3.8) is 0 Å². The molecule has 1 heterocycles. The van der Waals surface area contributed by atoms with Gasteiger partial charge < -0.3 is 9.47 Å². The summed E-state index contributed by atoms with van der Waals surface area (Å²) in [4.78, 5) is 28.2. The molecular weight excluding hydrogens is 282 g/mol. The van der Waals surface area contributed by atoms with E-state index in [-0.39, 0.29) is 0 Å². The van der Waals surface area contributed by atoms with Crippen LogP contribution in [0.3, 0.4) is 0 Å². The van der Waals surface area contributed by atoms with Crippen LogP contribution in [0.5, 0.6) is 0 Å². The average molecular weight is 301 g/mol. The van der Waals surface area contributed by atoms with Crippen molar-refractivity contribution in [3.05, 3.63) is 46.7 Å². The lowest BCUT2D eigenvalue weighted by atomic mass is 9.78. The van der Waals surface area contributed by atoms with Crippen molar-refractivity contribution in [2.45, 2.75) is 19.8 Å². The van der Waals surface area contributed by atoms with Crippen LogP contribution in [0, 0.1) is 19.8 Å². The Morgan fingerprint density at radius 1 is 1.14 bits per heavy atom. The zero-order valence-electron chi connectivity index (χ0n) is 13.1. The number of rotatable bonds is 3. The lowest BCUT2D eigenvalue weighted by molar-refractivity contribution is -0.143. The molecular formula is C17H19NO4. The van der Waals surface area contributed by atoms with Crippen LogP contribution in [0.1, 0.15) is 22.6 Å². The molecule has 116 valence electrons. The molecule has 0 aromatic heterocycles. The SMILES string of the molecule is COC(=O)C1=CN=CC(C(=O)OC)[C@H]1c1cc(C)ccc1C. The normalized spacial score (nSPS) is 20.3. The third-order valence-electron chi connectivity index (χ3n) is 3.82. The van der Waals surface area contributed by atoms with Crippen molar-refractivity contribution in [1.82, 2.24) is 0 Å². The second kappa shape index (κ2) is 6.56. The van der Waals surface area contributed by atoms with E-state index in [9.17, 15) is 9.59 Å². The predicted octanol–water partition coefficient (Wildman–Crippen LogP) is 2.32. The first kappa shape index (κ1) is 15.9. The summed E-state index contributed by atoms with van der Waals surface area (Å²) in [5.41, 5.74) is 3.30. The maximum Gasteiger partial charge on any atom is 0.335 e. The summed E-state index contributed by atoms with van der Waals surface area (Å²) in [6.45, 7) is 3.91. The van der Waals surface area contributed by atoms with E-state index in [0.29, 0.717) is 5.57 Å². The molecule has 0 spiro atoms. The first-order valence-electron chi connectivity index (χ1n) is 6.96. The van der Waals surface area contributed by atoms with Crippen molar-refractivity contribution < 1.29 is 19.1 Å². The summed E-state index contributed by atoms with van der Waals surface area (Å²) in [6, 6.07) is 5.94. The highest BCUT2D eigenvalue weighted by molar-refractivity contribution is 5.99. The maximum absolute atomic E-state index is 12.1. The molecule has 1 aromatic rings. The smallest absolute Gasteiger partial charge is 0.335 e. The van der Waals surface area contributed by atoms with Crippen LogP contribution >= 0.6 is 0 Å². The number of carbonyl (C=O) groups is 2. The Bertz CT molecular complexity index is 661. The highest BCUT2D eigenvalue weighted by Gasteiger charge is 2.38. The zero-order chi connectivity index (χ0) is 16.3. The Hall–Kier alpha value is -2.43. The molecule has 0 radical (unpaired) electrons. The zero-order valence-corrected chi connectivity index (χ0v) is 13.1. The number of benzene rings is 1. The van der Waals surface area contributed by atoms with E-state index in [1.54, 1.807) is 0 Å². The second-order valence-electron chi connectivity index (χ2n) is 5.26. The lowest BCUT2D eigenvalue weighted by Gasteiger charge is -2.27. The predicted molar refractivity (Wildman–Crippen MR) is 82.8 cm³/mol. The van der Waals surface area contributed by atoms with Gasteiger partial charge in [0, 0.05) is 18.3 Å². The highest BCUT2D eigenvalue weighted by atomic mass is 16.5. The van der Waals surface area contributed by atoms with Gasteiger partial charge >= 0.3 is 11.9 Å². The maximum atomic E-state index is 12.1. The summed E-state index contributed by atoms with van der Waals surface area (Å²) in [6.07, 6.45) is 2.97. The van der Waals surface area contributed by atoms with Gasteiger partial charge in [0.1, 0.15) is 5.92 Å². The molecule has 0 amide bonds. The molecule has 22 heavy (non-hydrogen) atoms. The number of aryl methyl sites for hydroxylation is 2. The van der Waals surface area contributed by atoms with Gasteiger partial charge in [0.05, 0.1) is 19.8 Å². The fraction of sp³-hybridized carbons (Fsp3) is 0.353. The third kappa shape index (κ3) is 2.93. The Morgan fingerprint density at radius 3 is 2.50 bits per heavy atom. The largest absolute Gasteiger partial charge is 0.468 e. The molecule has 0 saturated heterocycles. The first-order valence-corrected chi connectivity index (χ1v) is 6.96. The summed E-state index contributed by atoms with van der Waals surface area (Å²) in [5, 5.41) is 0. The average Bonchev–Trinajstić information content (AvgIpc) is 2.54. The molecule has 1 aliphatic rings. The van der Waals surface area contributed by atoms with Crippen molar-refractivity contribution in [2.75, 3.05) is 14.2 Å². The number of carbonyl (C=O) groups excluding carboxylic acids is 2. The van der Waals surface area contributed by atoms with Crippen molar-refractivity contribution in [3.8, 4) is 0 Å². The van der Waals surface area contributed by atoms with E-state index in [1.807, 2.05) is 32.0 Å². The van der Waals surface area contributed by atoms with Crippen molar-refractivity contribution in [2.24, 2.45) is 10.9 Å². The molecule has 0 bridgehead atoms. The molecule has 0 fully saturated rings. The van der Waals surface area contributed by atoms with Gasteiger partial charge in [0.25, 0.3) is 0 Å². The van der Waals surface area contributed by atoms with Gasteiger partial charge in [-0.1, -0.05) is 23.8 Å². The Morgan fingerprint density at radius 2 is 1.86 bits per heavy atom. The molecule has 1 aliphatic heterocycles. The Kier molecular flexibility index (Phi) is 4.75. The minimum absolute atomic E-state index is 0.356. The van der Waals surface area contributed by atoms with Gasteiger partial charge in [-0.05, 0) is 25.0 Å². The molecule has 0 N–H and O–H groups in total. The standard InChI is InChI=1S/C17H19NO4/c1-10-5-6-11(2)12(7-10)15-13(16(19)21-3)8-18-9-14(15)17(20)22-4/h5-9,13,15H,1-4H3/t13?,15-/m1/s1. The Labute approximate surface area is 129 Å². The van der Waals surface area contributed by atoms with Crippen LogP contribution in [0.4, 0.5) is 0 Å². The quantitative estimate of drug-likeness (QED) is 0.804. The van der Waals surface area contributed by atoms with Crippen LogP contribution in [-0.4, -0.2) is 32.4 Å². The van der Waals surface area contributed by atoms with Crippen molar-refractivity contribution in [1.29, 1.82) is 0 Å². The van der Waals surface area contributed by atoms with Gasteiger partial charge in [-0.2, -0.15) is 0 Å². The lowest BCUT2D eigenvalue weighted by Crippen LogP contribution is -2.31. The van der Waals surface area contributed by atoms with Crippen LogP contribution in [-0.2, 0) is 19.1 Å². The number of methoxy groups -OCH3 is 2. The molecule has 2 rings (SSSR count). The molecule has 2 atom stereocenters. The summed E-state index contributed by atoms with van der Waals surface area (Å²) >= 11 is 0. The number of hydrogen-bond donors (Lipinski definition) is 0. The van der Waals surface area contributed by atoms with E-state index in [2.05, 4.69) is 4.99 Å². The van der Waals surface area contributed by atoms with Gasteiger partial charge in [-0.3, -0.25) is 9.79 Å². The first-order chi connectivity index (χ1) is 10.5. The number of aliphatic imine (C=N–C) groups is 1. The number of nitrogens with zero attached hydrogens (tertiary/aromatic N) is 1. The highest BCUT2D eigenvalue weighted by Crippen LogP contribution is 2.37. The third-order valence-corrected chi connectivity index (χ3v) is 3.82. The Balaban J connectivity index is 2.58. The summed E-state index contributed by atoms with van der Waals surface area (Å²) in [5.74, 6) is -2.03. The topological polar surface area (TPSA) is 65.0 Å². The monoisotopic (exact) mass is 301 g/mol. The van der Waals surface area contributed by atoms with E-state index >= 15 is 0 Å². The molecule has 1 unspecified atom stereocenters. The van der Waals surface area contributed by atoms with Crippen LogP contribution in [0.2, 0.25) is 0 Å². The minimum atomic E-state index is -0.649. The van der Waals surface area contributed by atoms with Crippen LogP contribution < -0.4 is 0 Å². The number of esters is 2. The second-order valence-corrected chi connectivity index (χ2v) is 5.26. The van der Waals surface area contributed by atoms with Gasteiger partial charge in [-0.15, -0.1) is 0 Å². The van der Waals surface area contributed by atoms with Gasteiger partial charge in [0.2, 0.25) is 0 Å². The van der Waals surface area contributed by atoms with E-state index < -0.39 is 23.8 Å². The number of ether oxygens (including phenoxy) is 2. The molecule has 5 nitrogen and oxygen atoms in total. The summed E-state index contributed by atoms with van der Waals surface area (Å²) in [7, 11) is 2.64. The van der Waals surface area contributed by atoms with E-state index in [1.165, 1.54) is 26.6 Å². The van der Waals surface area contributed by atoms with Crippen LogP contribution in [0.15, 0.2) is 35.0 Å². The molecule has 0 saturated carbocycles. The van der Waals surface area contributed by atoms with Crippen LogP contribution in [0.25, 0.3) is 0 Å². The van der Waals surface area contributed by atoms with E-state index in [0.717, 1.165) is 16.7 Å². The number of hydrogen-bond acceptors (Lipinski definition) is 5.